The smallest absolute Gasteiger partial charge is 0.240 e. The van der Waals surface area contributed by atoms with Crippen LogP contribution in [0.25, 0.3) is 0 Å². The van der Waals surface area contributed by atoms with E-state index >= 15 is 0 Å². The average molecular weight is 290 g/mol. The molecule has 1 unspecified atom stereocenters. The monoisotopic (exact) mass is 290 g/mol. The Labute approximate surface area is 125 Å². The Balaban J connectivity index is 2.05. The quantitative estimate of drug-likeness (QED) is 0.828. The molecule has 0 radical (unpaired) electrons. The van der Waals surface area contributed by atoms with Gasteiger partial charge >= 0.3 is 0 Å². The van der Waals surface area contributed by atoms with Crippen molar-refractivity contribution in [1.29, 1.82) is 0 Å². The van der Waals surface area contributed by atoms with Gasteiger partial charge < -0.3 is 15.3 Å². The van der Waals surface area contributed by atoms with Crippen LogP contribution in [0.15, 0.2) is 24.3 Å². The fraction of sp³-hybridized carbons (Fsp3) is 0.500. The lowest BCUT2D eigenvalue weighted by Crippen LogP contribution is -2.46. The van der Waals surface area contributed by atoms with E-state index in [1.165, 1.54) is 0 Å². The van der Waals surface area contributed by atoms with Gasteiger partial charge in [-0.1, -0.05) is 25.1 Å². The van der Waals surface area contributed by atoms with Crippen molar-refractivity contribution in [3.63, 3.8) is 0 Å². The lowest BCUT2D eigenvalue weighted by atomic mass is 10.0. The first-order valence-electron chi connectivity index (χ1n) is 7.44. The number of amides is 2. The number of para-hydroxylation sites is 1. The van der Waals surface area contributed by atoms with Crippen molar-refractivity contribution in [3.8, 4) is 0 Å². The van der Waals surface area contributed by atoms with Gasteiger partial charge in [-0.25, -0.2) is 0 Å². The Kier molecular flexibility index (Phi) is 5.33. The highest BCUT2D eigenvalue weighted by Crippen LogP contribution is 2.27. The van der Waals surface area contributed by atoms with Gasteiger partial charge in [0.1, 0.15) is 6.54 Å². The van der Waals surface area contributed by atoms with E-state index < -0.39 is 0 Å². The summed E-state index contributed by atoms with van der Waals surface area (Å²) < 4.78 is 0. The lowest BCUT2D eigenvalue weighted by Gasteiger charge is -2.29. The van der Waals surface area contributed by atoms with Gasteiger partial charge in [0.25, 0.3) is 0 Å². The molecule has 0 spiro atoms. The Morgan fingerprint density at radius 2 is 2.14 bits per heavy atom. The molecule has 1 aromatic carbocycles. The van der Waals surface area contributed by atoms with Crippen molar-refractivity contribution in [2.45, 2.75) is 38.6 Å². The molecule has 0 saturated carbocycles. The molecule has 0 saturated heterocycles. The van der Waals surface area contributed by atoms with Gasteiger partial charge in [0, 0.05) is 24.8 Å². The molecule has 1 atom stereocenters. The van der Waals surface area contributed by atoms with Crippen molar-refractivity contribution in [3.05, 3.63) is 29.8 Å². The molecule has 1 aliphatic rings. The standard InChI is InChI=1S/C16H22N2O3/c1-2-13(9-10-19)17-15(20)11-18-14-6-4-3-5-12(14)7-8-16(18)21/h3-6,13,19H,2,7-11H2,1H3,(H,17,20). The molecule has 2 rings (SSSR count). The van der Waals surface area contributed by atoms with E-state index in [0.29, 0.717) is 12.8 Å². The fourth-order valence-electron chi connectivity index (χ4n) is 2.62. The molecule has 5 nitrogen and oxygen atoms in total. The number of hydrogen-bond donors (Lipinski definition) is 2. The maximum atomic E-state index is 12.1. The zero-order chi connectivity index (χ0) is 15.2. The van der Waals surface area contributed by atoms with Crippen LogP contribution in [0.1, 0.15) is 31.7 Å². The number of hydrogen-bond acceptors (Lipinski definition) is 3. The topological polar surface area (TPSA) is 69.6 Å². The van der Waals surface area contributed by atoms with Gasteiger partial charge in [-0.15, -0.1) is 0 Å². The molecule has 2 N–H and O–H groups in total. The van der Waals surface area contributed by atoms with E-state index in [0.717, 1.165) is 24.1 Å². The normalized spacial score (nSPS) is 15.5. The van der Waals surface area contributed by atoms with E-state index in [9.17, 15) is 9.59 Å². The predicted octanol–water partition coefficient (Wildman–Crippen LogP) is 1.24. The molecule has 0 aromatic heterocycles. The number of anilines is 1. The van der Waals surface area contributed by atoms with Crippen LogP contribution >= 0.6 is 0 Å². The van der Waals surface area contributed by atoms with E-state index in [1.54, 1.807) is 4.90 Å². The Morgan fingerprint density at radius 1 is 1.38 bits per heavy atom. The molecule has 21 heavy (non-hydrogen) atoms. The SMILES string of the molecule is CCC(CCO)NC(=O)CN1C(=O)CCc2ccccc21. The highest BCUT2D eigenvalue weighted by molar-refractivity contribution is 6.01. The molecular formula is C16H22N2O3. The summed E-state index contributed by atoms with van der Waals surface area (Å²) in [6.07, 6.45) is 2.47. The number of aliphatic hydroxyl groups excluding tert-OH is 1. The number of benzene rings is 1. The predicted molar refractivity (Wildman–Crippen MR) is 81.0 cm³/mol. The number of nitrogens with one attached hydrogen (secondary N) is 1. The summed E-state index contributed by atoms with van der Waals surface area (Å²) in [5, 5.41) is 11.8. The minimum absolute atomic E-state index is 0.0148. The lowest BCUT2D eigenvalue weighted by molar-refractivity contribution is -0.124. The minimum atomic E-state index is -0.180. The van der Waals surface area contributed by atoms with Crippen LogP contribution < -0.4 is 10.2 Å². The molecule has 1 heterocycles. The van der Waals surface area contributed by atoms with Crippen LogP contribution in [0.4, 0.5) is 5.69 Å². The van der Waals surface area contributed by atoms with E-state index in [4.69, 9.17) is 5.11 Å². The third kappa shape index (κ3) is 3.82. The van der Waals surface area contributed by atoms with E-state index in [2.05, 4.69) is 5.32 Å². The first-order chi connectivity index (χ1) is 10.2. The third-order valence-corrected chi connectivity index (χ3v) is 3.83. The van der Waals surface area contributed by atoms with Gasteiger partial charge in [0.15, 0.2) is 0 Å². The van der Waals surface area contributed by atoms with E-state index in [1.807, 2.05) is 31.2 Å². The summed E-state index contributed by atoms with van der Waals surface area (Å²) in [5.74, 6) is -0.195. The summed E-state index contributed by atoms with van der Waals surface area (Å²) in [6.45, 7) is 2.05. The highest BCUT2D eigenvalue weighted by Gasteiger charge is 2.26. The zero-order valence-electron chi connectivity index (χ0n) is 12.3. The molecule has 1 aliphatic heterocycles. The minimum Gasteiger partial charge on any atom is -0.396 e. The first kappa shape index (κ1) is 15.5. The van der Waals surface area contributed by atoms with E-state index in [-0.39, 0.29) is 31.0 Å². The van der Waals surface area contributed by atoms with Crippen molar-refractivity contribution < 1.29 is 14.7 Å². The molecule has 114 valence electrons. The van der Waals surface area contributed by atoms with Crippen molar-refractivity contribution >= 4 is 17.5 Å². The maximum Gasteiger partial charge on any atom is 0.240 e. The van der Waals surface area contributed by atoms with Crippen molar-refractivity contribution in [2.24, 2.45) is 0 Å². The van der Waals surface area contributed by atoms with Crippen LogP contribution in [-0.4, -0.2) is 36.1 Å². The summed E-state index contributed by atoms with van der Waals surface area (Å²) in [7, 11) is 0. The zero-order valence-corrected chi connectivity index (χ0v) is 12.3. The first-order valence-corrected chi connectivity index (χ1v) is 7.44. The van der Waals surface area contributed by atoms with Crippen molar-refractivity contribution in [1.82, 2.24) is 5.32 Å². The summed E-state index contributed by atoms with van der Waals surface area (Å²) in [6, 6.07) is 7.65. The molecular weight excluding hydrogens is 268 g/mol. The molecule has 0 bridgehead atoms. The van der Waals surface area contributed by atoms with Gasteiger partial charge in [-0.2, -0.15) is 0 Å². The Morgan fingerprint density at radius 3 is 2.86 bits per heavy atom. The number of aryl methyl sites for hydroxylation is 1. The maximum absolute atomic E-state index is 12.1. The number of carbonyl (C=O) groups is 2. The van der Waals surface area contributed by atoms with Crippen LogP contribution in [0.2, 0.25) is 0 Å². The number of fused-ring (bicyclic) bond motifs is 1. The van der Waals surface area contributed by atoms with Gasteiger partial charge in [0.05, 0.1) is 0 Å². The number of rotatable bonds is 6. The molecule has 0 fully saturated rings. The number of aliphatic hydroxyl groups is 1. The van der Waals surface area contributed by atoms with Crippen LogP contribution in [0, 0.1) is 0 Å². The second-order valence-corrected chi connectivity index (χ2v) is 5.29. The van der Waals surface area contributed by atoms with Crippen LogP contribution in [0.3, 0.4) is 0 Å². The molecule has 0 aliphatic carbocycles. The number of carbonyl (C=O) groups excluding carboxylic acids is 2. The molecule has 1 aromatic rings. The van der Waals surface area contributed by atoms with Gasteiger partial charge in [0.2, 0.25) is 11.8 Å². The van der Waals surface area contributed by atoms with Crippen LogP contribution in [0.5, 0.6) is 0 Å². The summed E-state index contributed by atoms with van der Waals surface area (Å²) >= 11 is 0. The fourth-order valence-corrected chi connectivity index (χ4v) is 2.62. The summed E-state index contributed by atoms with van der Waals surface area (Å²) in [5.41, 5.74) is 1.94. The Hall–Kier alpha value is -1.88. The second kappa shape index (κ2) is 7.22. The Bertz CT molecular complexity index is 516. The van der Waals surface area contributed by atoms with Crippen LogP contribution in [-0.2, 0) is 16.0 Å². The molecule has 2 amide bonds. The van der Waals surface area contributed by atoms with Gasteiger partial charge in [-0.3, -0.25) is 9.59 Å². The largest absolute Gasteiger partial charge is 0.396 e. The van der Waals surface area contributed by atoms with Gasteiger partial charge in [-0.05, 0) is 30.9 Å². The number of nitrogens with zero attached hydrogens (tertiary/aromatic N) is 1. The highest BCUT2D eigenvalue weighted by atomic mass is 16.3. The third-order valence-electron chi connectivity index (χ3n) is 3.83. The van der Waals surface area contributed by atoms with Crippen molar-refractivity contribution in [2.75, 3.05) is 18.1 Å². The summed E-state index contributed by atoms with van der Waals surface area (Å²) in [4.78, 5) is 25.8. The second-order valence-electron chi connectivity index (χ2n) is 5.29. The average Bonchev–Trinajstić information content (AvgIpc) is 2.49. The molecule has 5 heteroatoms.